The third-order valence-corrected chi connectivity index (χ3v) is 4.56. The van der Waals surface area contributed by atoms with Gasteiger partial charge in [-0.1, -0.05) is 37.5 Å². The van der Waals surface area contributed by atoms with Crippen LogP contribution in [-0.2, 0) is 11.2 Å². The first kappa shape index (κ1) is 14.4. The molecular weight excluding hydrogens is 266 g/mol. The van der Waals surface area contributed by atoms with Gasteiger partial charge in [0, 0.05) is 0 Å². The second-order valence-electron chi connectivity index (χ2n) is 6.14. The topological polar surface area (TPSA) is 58.6 Å². The van der Waals surface area contributed by atoms with E-state index in [9.17, 15) is 9.90 Å². The molecule has 1 aromatic carbocycles. The van der Waals surface area contributed by atoms with Crippen LogP contribution >= 0.6 is 0 Å². The summed E-state index contributed by atoms with van der Waals surface area (Å²) in [7, 11) is 0. The van der Waals surface area contributed by atoms with E-state index in [4.69, 9.17) is 4.74 Å². The van der Waals surface area contributed by atoms with Gasteiger partial charge in [-0.2, -0.15) is 0 Å². The lowest BCUT2D eigenvalue weighted by atomic mass is 9.95. The van der Waals surface area contributed by atoms with Crippen LogP contribution in [0.1, 0.15) is 37.7 Å². The van der Waals surface area contributed by atoms with Crippen LogP contribution in [0.3, 0.4) is 0 Å². The Morgan fingerprint density at radius 1 is 1.19 bits per heavy atom. The van der Waals surface area contributed by atoms with Crippen LogP contribution in [0.25, 0.3) is 0 Å². The van der Waals surface area contributed by atoms with Crippen LogP contribution in [0.4, 0.5) is 0 Å². The third kappa shape index (κ3) is 3.38. The molecule has 21 heavy (non-hydrogen) atoms. The number of carbonyl (C=O) groups excluding carboxylic acids is 1. The van der Waals surface area contributed by atoms with Crippen molar-refractivity contribution < 1.29 is 14.6 Å². The molecule has 1 heterocycles. The Hall–Kier alpha value is -1.55. The molecule has 1 fully saturated rings. The van der Waals surface area contributed by atoms with Crippen molar-refractivity contribution in [1.29, 1.82) is 0 Å². The normalized spacial score (nSPS) is 28.9. The fourth-order valence-electron chi connectivity index (χ4n) is 3.25. The molecule has 3 rings (SSSR count). The van der Waals surface area contributed by atoms with Crippen LogP contribution in [0.2, 0.25) is 0 Å². The second kappa shape index (κ2) is 6.48. The van der Waals surface area contributed by atoms with E-state index in [1.165, 1.54) is 0 Å². The van der Waals surface area contributed by atoms with Gasteiger partial charge < -0.3 is 15.2 Å². The molecule has 114 valence electrons. The molecule has 3 atom stereocenters. The summed E-state index contributed by atoms with van der Waals surface area (Å²) in [6.07, 6.45) is 5.23. The highest BCUT2D eigenvalue weighted by Gasteiger charge is 2.29. The maximum atomic E-state index is 12.4. The highest BCUT2D eigenvalue weighted by molar-refractivity contribution is 5.80. The van der Waals surface area contributed by atoms with E-state index in [0.29, 0.717) is 13.0 Å². The molecule has 1 saturated carbocycles. The number of aliphatic hydroxyl groups is 1. The lowest BCUT2D eigenvalue weighted by molar-refractivity contribution is -0.128. The molecule has 0 radical (unpaired) electrons. The lowest BCUT2D eigenvalue weighted by Gasteiger charge is -2.28. The zero-order valence-electron chi connectivity index (χ0n) is 12.3. The number of benzene rings is 1. The number of nitrogens with one attached hydrogen (secondary N) is 1. The summed E-state index contributed by atoms with van der Waals surface area (Å²) < 4.78 is 5.67. The number of amides is 1. The van der Waals surface area contributed by atoms with Crippen molar-refractivity contribution in [3.8, 4) is 5.75 Å². The lowest BCUT2D eigenvalue weighted by Crippen LogP contribution is -2.47. The average molecular weight is 289 g/mol. The zero-order chi connectivity index (χ0) is 14.7. The maximum absolute atomic E-state index is 12.4. The second-order valence-corrected chi connectivity index (χ2v) is 6.14. The molecule has 0 bridgehead atoms. The van der Waals surface area contributed by atoms with Crippen molar-refractivity contribution >= 4 is 5.91 Å². The number of aliphatic hydroxyl groups excluding tert-OH is 1. The SMILES string of the molecule is O=C(NC1CCCCCC1O)C1COc2ccccc2C1. The third-order valence-electron chi connectivity index (χ3n) is 4.56. The van der Waals surface area contributed by atoms with Gasteiger partial charge in [0.25, 0.3) is 0 Å². The molecule has 1 aliphatic carbocycles. The quantitative estimate of drug-likeness (QED) is 0.819. The Balaban J connectivity index is 1.61. The maximum Gasteiger partial charge on any atom is 0.227 e. The summed E-state index contributed by atoms with van der Waals surface area (Å²) in [5, 5.41) is 13.1. The monoisotopic (exact) mass is 289 g/mol. The smallest absolute Gasteiger partial charge is 0.227 e. The zero-order valence-corrected chi connectivity index (χ0v) is 12.3. The molecule has 2 aliphatic rings. The summed E-state index contributed by atoms with van der Waals surface area (Å²) in [4.78, 5) is 12.4. The van der Waals surface area contributed by atoms with Crippen LogP contribution in [-0.4, -0.2) is 29.8 Å². The van der Waals surface area contributed by atoms with Gasteiger partial charge in [-0.3, -0.25) is 4.79 Å². The van der Waals surface area contributed by atoms with E-state index in [1.807, 2.05) is 24.3 Å². The molecule has 1 aromatic rings. The molecule has 2 N–H and O–H groups in total. The number of rotatable bonds is 2. The Bertz CT molecular complexity index is 503. The number of ether oxygens (including phenoxy) is 1. The van der Waals surface area contributed by atoms with E-state index >= 15 is 0 Å². The van der Waals surface area contributed by atoms with Crippen LogP contribution in [0, 0.1) is 5.92 Å². The predicted molar refractivity (Wildman–Crippen MR) is 80.2 cm³/mol. The van der Waals surface area contributed by atoms with Crippen molar-refractivity contribution in [3.05, 3.63) is 29.8 Å². The van der Waals surface area contributed by atoms with Crippen molar-refractivity contribution in [2.75, 3.05) is 6.61 Å². The van der Waals surface area contributed by atoms with Crippen LogP contribution < -0.4 is 10.1 Å². The van der Waals surface area contributed by atoms with Crippen LogP contribution in [0.15, 0.2) is 24.3 Å². The number of hydrogen-bond acceptors (Lipinski definition) is 3. The summed E-state index contributed by atoms with van der Waals surface area (Å²) in [5.74, 6) is 0.738. The van der Waals surface area contributed by atoms with Gasteiger partial charge in [0.05, 0.1) is 18.1 Å². The van der Waals surface area contributed by atoms with Crippen molar-refractivity contribution in [2.45, 2.75) is 50.7 Å². The minimum Gasteiger partial charge on any atom is -0.492 e. The summed E-state index contributed by atoms with van der Waals surface area (Å²) in [6, 6.07) is 7.77. The minimum absolute atomic E-state index is 0.00968. The molecule has 0 spiro atoms. The summed E-state index contributed by atoms with van der Waals surface area (Å²) >= 11 is 0. The van der Waals surface area contributed by atoms with Gasteiger partial charge in [0.1, 0.15) is 12.4 Å². The number of hydrogen-bond donors (Lipinski definition) is 2. The molecule has 0 saturated heterocycles. The van der Waals surface area contributed by atoms with E-state index < -0.39 is 6.10 Å². The Morgan fingerprint density at radius 3 is 2.90 bits per heavy atom. The van der Waals surface area contributed by atoms with Crippen molar-refractivity contribution in [1.82, 2.24) is 5.32 Å². The van der Waals surface area contributed by atoms with E-state index in [2.05, 4.69) is 5.32 Å². The Labute approximate surface area is 125 Å². The highest BCUT2D eigenvalue weighted by Crippen LogP contribution is 2.27. The summed E-state index contributed by atoms with van der Waals surface area (Å²) in [5.41, 5.74) is 1.09. The Morgan fingerprint density at radius 2 is 2.00 bits per heavy atom. The van der Waals surface area contributed by atoms with Gasteiger partial charge >= 0.3 is 0 Å². The first-order valence-corrected chi connectivity index (χ1v) is 7.93. The fourth-order valence-corrected chi connectivity index (χ4v) is 3.25. The highest BCUT2D eigenvalue weighted by atomic mass is 16.5. The van der Waals surface area contributed by atoms with Gasteiger partial charge in [0.15, 0.2) is 0 Å². The molecule has 4 nitrogen and oxygen atoms in total. The van der Waals surface area contributed by atoms with Crippen LogP contribution in [0.5, 0.6) is 5.75 Å². The predicted octanol–water partition coefficient (Wildman–Crippen LogP) is 2.05. The number of para-hydroxylation sites is 1. The molecule has 4 heteroatoms. The Kier molecular flexibility index (Phi) is 4.44. The fraction of sp³-hybridized carbons (Fsp3) is 0.588. The first-order valence-electron chi connectivity index (χ1n) is 7.93. The molecule has 3 unspecified atom stereocenters. The minimum atomic E-state index is -0.409. The van der Waals surface area contributed by atoms with Gasteiger partial charge in [-0.05, 0) is 30.9 Å². The van der Waals surface area contributed by atoms with E-state index in [1.54, 1.807) is 0 Å². The van der Waals surface area contributed by atoms with E-state index in [-0.39, 0.29) is 17.9 Å². The first-order chi connectivity index (χ1) is 10.2. The van der Waals surface area contributed by atoms with Gasteiger partial charge in [-0.15, -0.1) is 0 Å². The van der Waals surface area contributed by atoms with Crippen molar-refractivity contribution in [2.24, 2.45) is 5.92 Å². The number of fused-ring (bicyclic) bond motifs is 1. The summed E-state index contributed by atoms with van der Waals surface area (Å²) in [6.45, 7) is 0.422. The largest absolute Gasteiger partial charge is 0.492 e. The van der Waals surface area contributed by atoms with Crippen molar-refractivity contribution in [3.63, 3.8) is 0 Å². The van der Waals surface area contributed by atoms with Gasteiger partial charge in [-0.25, -0.2) is 0 Å². The average Bonchev–Trinajstić information content (AvgIpc) is 2.72. The number of carbonyl (C=O) groups is 1. The molecule has 0 aromatic heterocycles. The van der Waals surface area contributed by atoms with E-state index in [0.717, 1.165) is 43.4 Å². The van der Waals surface area contributed by atoms with Gasteiger partial charge in [0.2, 0.25) is 5.91 Å². The molecular formula is C17H23NO3. The standard InChI is InChI=1S/C17H23NO3/c19-15-8-3-1-2-7-14(15)18-17(20)13-10-12-6-4-5-9-16(12)21-11-13/h4-6,9,13-15,19H,1-3,7-8,10-11H2,(H,18,20). The molecule has 1 amide bonds. The molecule has 1 aliphatic heterocycles.